The summed E-state index contributed by atoms with van der Waals surface area (Å²) in [5, 5.41) is 11.9. The lowest BCUT2D eigenvalue weighted by Gasteiger charge is -2.05. The van der Waals surface area contributed by atoms with Crippen LogP contribution >= 0.6 is 11.6 Å². The molecule has 0 saturated carbocycles. The fourth-order valence-corrected chi connectivity index (χ4v) is 2.16. The highest BCUT2D eigenvalue weighted by atomic mass is 35.5. The highest BCUT2D eigenvalue weighted by Crippen LogP contribution is 2.14. The molecule has 2 N–H and O–H groups in total. The van der Waals surface area contributed by atoms with Crippen LogP contribution in [0.4, 0.5) is 0 Å². The second-order valence-corrected chi connectivity index (χ2v) is 4.95. The second kappa shape index (κ2) is 6.02. The number of nitrogens with one attached hydrogen (secondary N) is 2. The molecule has 0 aliphatic rings. The first-order chi connectivity index (χ1) is 10.2. The predicted octanol–water partition coefficient (Wildman–Crippen LogP) is 0.958. The maximum atomic E-state index is 11.9. The number of hydrogen-bond acceptors (Lipinski definition) is 5. The van der Waals surface area contributed by atoms with Crippen LogP contribution in [0, 0.1) is 0 Å². The van der Waals surface area contributed by atoms with E-state index in [0.29, 0.717) is 41.4 Å². The first-order valence-electron chi connectivity index (χ1n) is 6.45. The summed E-state index contributed by atoms with van der Waals surface area (Å²) < 4.78 is 1.73. The molecule has 0 atom stereocenters. The molecule has 2 heterocycles. The topological polar surface area (TPSA) is 88.5 Å². The van der Waals surface area contributed by atoms with Crippen molar-refractivity contribution in [2.75, 3.05) is 6.54 Å². The summed E-state index contributed by atoms with van der Waals surface area (Å²) in [4.78, 5) is 19.1. The number of fused-ring (bicyclic) bond motifs is 1. The van der Waals surface area contributed by atoms with Gasteiger partial charge in [0.25, 0.3) is 5.56 Å². The van der Waals surface area contributed by atoms with E-state index >= 15 is 0 Å². The lowest BCUT2D eigenvalue weighted by atomic mass is 10.2. The summed E-state index contributed by atoms with van der Waals surface area (Å²) in [5.74, 6) is 0.577. The van der Waals surface area contributed by atoms with Crippen LogP contribution in [-0.2, 0) is 13.1 Å². The molecule has 0 amide bonds. The Hall–Kier alpha value is -2.25. The van der Waals surface area contributed by atoms with Gasteiger partial charge in [0.2, 0.25) is 0 Å². The lowest BCUT2D eigenvalue weighted by molar-refractivity contribution is 0.534. The number of hydrogen-bond donors (Lipinski definition) is 2. The molecule has 21 heavy (non-hydrogen) atoms. The molecule has 0 radical (unpaired) electrons. The normalized spacial score (nSPS) is 11.1. The molecular formula is C13H13ClN6O. The van der Waals surface area contributed by atoms with Crippen LogP contribution in [0.3, 0.4) is 0 Å². The van der Waals surface area contributed by atoms with Crippen LogP contribution in [0.25, 0.3) is 10.9 Å². The van der Waals surface area contributed by atoms with E-state index in [0.717, 1.165) is 0 Å². The second-order valence-electron chi connectivity index (χ2n) is 4.52. The first kappa shape index (κ1) is 13.7. The van der Waals surface area contributed by atoms with E-state index in [-0.39, 0.29) is 5.56 Å². The Kier molecular flexibility index (Phi) is 3.94. The van der Waals surface area contributed by atoms with Crippen molar-refractivity contribution in [1.82, 2.24) is 30.3 Å². The lowest BCUT2D eigenvalue weighted by Crippen LogP contribution is -2.23. The number of halogens is 1. The average molecular weight is 305 g/mol. The Morgan fingerprint density at radius 3 is 3.10 bits per heavy atom. The van der Waals surface area contributed by atoms with Crippen molar-refractivity contribution in [2.45, 2.75) is 13.1 Å². The summed E-state index contributed by atoms with van der Waals surface area (Å²) >= 11 is 5.92. The van der Waals surface area contributed by atoms with Crippen molar-refractivity contribution in [3.63, 3.8) is 0 Å². The predicted molar refractivity (Wildman–Crippen MR) is 79.1 cm³/mol. The summed E-state index contributed by atoms with van der Waals surface area (Å²) in [7, 11) is 0. The standard InChI is InChI=1S/C13H13ClN6O/c14-9-1-2-10-11(7-9)17-12(18-13(10)21)8-15-3-5-20-6-4-16-19-20/h1-2,4,6-7,15H,3,5,8H2,(H,17,18,21). The minimum atomic E-state index is -0.162. The number of nitrogens with zero attached hydrogens (tertiary/aromatic N) is 4. The summed E-state index contributed by atoms with van der Waals surface area (Å²) in [6, 6.07) is 5.04. The van der Waals surface area contributed by atoms with E-state index in [1.165, 1.54) is 0 Å². The molecule has 8 heteroatoms. The largest absolute Gasteiger partial charge is 0.309 e. The van der Waals surface area contributed by atoms with E-state index in [1.807, 2.05) is 0 Å². The quantitative estimate of drug-likeness (QED) is 0.685. The molecule has 2 aromatic heterocycles. The number of aromatic amines is 1. The van der Waals surface area contributed by atoms with Gasteiger partial charge in [0.15, 0.2) is 0 Å². The molecule has 3 rings (SSSR count). The molecule has 3 aromatic rings. The Balaban J connectivity index is 1.68. The zero-order chi connectivity index (χ0) is 14.7. The van der Waals surface area contributed by atoms with Crippen LogP contribution in [0.1, 0.15) is 5.82 Å². The molecule has 7 nitrogen and oxygen atoms in total. The van der Waals surface area contributed by atoms with Crippen LogP contribution < -0.4 is 10.9 Å². The van der Waals surface area contributed by atoms with Gasteiger partial charge in [-0.05, 0) is 18.2 Å². The number of benzene rings is 1. The molecule has 0 fully saturated rings. The summed E-state index contributed by atoms with van der Waals surface area (Å²) in [5.41, 5.74) is 0.434. The van der Waals surface area contributed by atoms with E-state index in [9.17, 15) is 4.79 Å². The van der Waals surface area contributed by atoms with Gasteiger partial charge in [-0.1, -0.05) is 16.8 Å². The number of aromatic nitrogens is 5. The third-order valence-electron chi connectivity index (χ3n) is 3.00. The molecule has 0 aliphatic heterocycles. The van der Waals surface area contributed by atoms with Crippen molar-refractivity contribution < 1.29 is 0 Å². The van der Waals surface area contributed by atoms with E-state index in [2.05, 4.69) is 25.6 Å². The molecule has 0 aliphatic carbocycles. The monoisotopic (exact) mass is 304 g/mol. The Bertz CT molecular complexity index is 798. The van der Waals surface area contributed by atoms with Gasteiger partial charge in [-0.25, -0.2) is 4.98 Å². The van der Waals surface area contributed by atoms with E-state index < -0.39 is 0 Å². The SMILES string of the molecule is O=c1[nH]c(CNCCn2ccnn2)nc2cc(Cl)ccc12. The Morgan fingerprint density at radius 2 is 2.29 bits per heavy atom. The third-order valence-corrected chi connectivity index (χ3v) is 3.23. The van der Waals surface area contributed by atoms with Crippen LogP contribution in [0.2, 0.25) is 5.02 Å². The van der Waals surface area contributed by atoms with Crippen LogP contribution in [0.15, 0.2) is 35.4 Å². The van der Waals surface area contributed by atoms with Crippen molar-refractivity contribution >= 4 is 22.5 Å². The Morgan fingerprint density at radius 1 is 1.38 bits per heavy atom. The Labute approximate surface area is 125 Å². The molecule has 0 unspecified atom stereocenters. The highest BCUT2D eigenvalue weighted by molar-refractivity contribution is 6.31. The van der Waals surface area contributed by atoms with Gasteiger partial charge in [0.1, 0.15) is 5.82 Å². The maximum Gasteiger partial charge on any atom is 0.258 e. The molecule has 0 bridgehead atoms. The smallest absolute Gasteiger partial charge is 0.258 e. The average Bonchev–Trinajstić information content (AvgIpc) is 2.96. The van der Waals surface area contributed by atoms with Crippen molar-refractivity contribution in [2.24, 2.45) is 0 Å². The highest BCUT2D eigenvalue weighted by Gasteiger charge is 2.04. The van der Waals surface area contributed by atoms with Crippen LogP contribution in [0.5, 0.6) is 0 Å². The van der Waals surface area contributed by atoms with Crippen molar-refractivity contribution in [3.05, 3.63) is 51.8 Å². The van der Waals surface area contributed by atoms with Gasteiger partial charge >= 0.3 is 0 Å². The fraction of sp³-hybridized carbons (Fsp3) is 0.231. The number of H-pyrrole nitrogens is 1. The first-order valence-corrected chi connectivity index (χ1v) is 6.83. The number of rotatable bonds is 5. The third kappa shape index (κ3) is 3.26. The zero-order valence-electron chi connectivity index (χ0n) is 11.1. The van der Waals surface area contributed by atoms with E-state index in [1.54, 1.807) is 35.3 Å². The van der Waals surface area contributed by atoms with Gasteiger partial charge in [0.05, 0.1) is 30.2 Å². The van der Waals surface area contributed by atoms with Gasteiger partial charge in [-0.2, -0.15) is 0 Å². The minimum absolute atomic E-state index is 0.162. The van der Waals surface area contributed by atoms with Crippen LogP contribution in [-0.4, -0.2) is 31.5 Å². The molecule has 1 aromatic carbocycles. The zero-order valence-corrected chi connectivity index (χ0v) is 11.8. The van der Waals surface area contributed by atoms with Crippen molar-refractivity contribution in [1.29, 1.82) is 0 Å². The molecule has 0 spiro atoms. The van der Waals surface area contributed by atoms with Gasteiger partial charge in [0, 0.05) is 17.8 Å². The van der Waals surface area contributed by atoms with Crippen molar-refractivity contribution in [3.8, 4) is 0 Å². The van der Waals surface area contributed by atoms with Gasteiger partial charge < -0.3 is 10.3 Å². The van der Waals surface area contributed by atoms with Gasteiger partial charge in [-0.3, -0.25) is 9.48 Å². The van der Waals surface area contributed by atoms with Gasteiger partial charge in [-0.15, -0.1) is 5.10 Å². The molecular weight excluding hydrogens is 292 g/mol. The molecule has 0 saturated heterocycles. The summed E-state index contributed by atoms with van der Waals surface area (Å²) in [6.45, 7) is 1.86. The molecule has 108 valence electrons. The van der Waals surface area contributed by atoms with E-state index in [4.69, 9.17) is 11.6 Å². The fourth-order valence-electron chi connectivity index (χ4n) is 2.00. The maximum absolute atomic E-state index is 11.9. The summed E-state index contributed by atoms with van der Waals surface area (Å²) in [6.07, 6.45) is 3.42. The minimum Gasteiger partial charge on any atom is -0.309 e.